The molecule has 3 heteroatoms. The number of piperidine rings is 1. The van der Waals surface area contributed by atoms with E-state index in [2.05, 4.69) is 50.0 Å². The minimum absolute atomic E-state index is 0.385. The quantitative estimate of drug-likeness (QED) is 0.751. The molecule has 1 unspecified atom stereocenters. The molecule has 0 saturated carbocycles. The summed E-state index contributed by atoms with van der Waals surface area (Å²) in [5.74, 6) is 0. The fraction of sp³-hybridized carbons (Fsp3) is 1.00. The van der Waals surface area contributed by atoms with Crippen molar-refractivity contribution in [3.8, 4) is 0 Å². The van der Waals surface area contributed by atoms with Gasteiger partial charge in [-0.15, -0.1) is 0 Å². The normalized spacial score (nSPS) is 22.7. The zero-order valence-corrected chi connectivity index (χ0v) is 13.1. The third-order valence-corrected chi connectivity index (χ3v) is 3.58. The molecule has 0 aromatic rings. The Hall–Kier alpha value is -0.120. The van der Waals surface area contributed by atoms with E-state index in [1.807, 2.05) is 0 Å². The van der Waals surface area contributed by atoms with E-state index in [1.165, 1.54) is 45.4 Å². The monoisotopic (exact) mass is 255 g/mol. The standard InChI is InChI=1S/C15H33N3/c1-6-9-16-14-8-7-10-18(11-14)13-15(2,3)12-17(4)5/h14,16H,6-13H2,1-5H3. The summed E-state index contributed by atoms with van der Waals surface area (Å²) in [6, 6.07) is 0.717. The molecule has 1 fully saturated rings. The highest BCUT2D eigenvalue weighted by Gasteiger charge is 2.26. The van der Waals surface area contributed by atoms with Gasteiger partial charge in [0.25, 0.3) is 0 Å². The summed E-state index contributed by atoms with van der Waals surface area (Å²) < 4.78 is 0. The van der Waals surface area contributed by atoms with E-state index < -0.39 is 0 Å². The Morgan fingerprint density at radius 3 is 2.67 bits per heavy atom. The van der Waals surface area contributed by atoms with Crippen molar-refractivity contribution in [2.24, 2.45) is 5.41 Å². The van der Waals surface area contributed by atoms with Gasteiger partial charge in [-0.05, 0) is 51.9 Å². The molecule has 0 aromatic heterocycles. The van der Waals surface area contributed by atoms with E-state index in [0.29, 0.717) is 11.5 Å². The maximum Gasteiger partial charge on any atom is 0.0195 e. The molecule has 1 atom stereocenters. The van der Waals surface area contributed by atoms with Gasteiger partial charge in [0.2, 0.25) is 0 Å². The van der Waals surface area contributed by atoms with Crippen LogP contribution in [-0.4, -0.2) is 62.7 Å². The topological polar surface area (TPSA) is 18.5 Å². The van der Waals surface area contributed by atoms with Crippen molar-refractivity contribution in [1.29, 1.82) is 0 Å². The van der Waals surface area contributed by atoms with Crippen molar-refractivity contribution in [3.05, 3.63) is 0 Å². The molecule has 1 saturated heterocycles. The summed E-state index contributed by atoms with van der Waals surface area (Å²) in [5.41, 5.74) is 0.385. The van der Waals surface area contributed by atoms with Gasteiger partial charge < -0.3 is 15.1 Å². The van der Waals surface area contributed by atoms with Crippen LogP contribution in [0.3, 0.4) is 0 Å². The predicted molar refractivity (Wildman–Crippen MR) is 80.1 cm³/mol. The Kier molecular flexibility index (Phi) is 6.61. The van der Waals surface area contributed by atoms with Gasteiger partial charge in [-0.3, -0.25) is 0 Å². The second kappa shape index (κ2) is 7.46. The second-order valence-corrected chi connectivity index (χ2v) is 6.93. The van der Waals surface area contributed by atoms with Crippen LogP contribution in [0.1, 0.15) is 40.0 Å². The van der Waals surface area contributed by atoms with Gasteiger partial charge in [0.05, 0.1) is 0 Å². The van der Waals surface area contributed by atoms with E-state index in [4.69, 9.17) is 0 Å². The molecule has 0 aliphatic carbocycles. The maximum absolute atomic E-state index is 3.68. The highest BCUT2D eigenvalue weighted by molar-refractivity contribution is 4.83. The number of likely N-dealkylation sites (tertiary alicyclic amines) is 1. The summed E-state index contributed by atoms with van der Waals surface area (Å²) in [4.78, 5) is 4.96. The van der Waals surface area contributed by atoms with Crippen LogP contribution in [0.2, 0.25) is 0 Å². The van der Waals surface area contributed by atoms with Gasteiger partial charge in [-0.2, -0.15) is 0 Å². The van der Waals surface area contributed by atoms with Crippen LogP contribution in [0.15, 0.2) is 0 Å². The minimum atomic E-state index is 0.385. The van der Waals surface area contributed by atoms with Gasteiger partial charge in [-0.1, -0.05) is 20.8 Å². The van der Waals surface area contributed by atoms with Gasteiger partial charge in [-0.25, -0.2) is 0 Å². The van der Waals surface area contributed by atoms with E-state index in [1.54, 1.807) is 0 Å². The average molecular weight is 255 g/mol. The predicted octanol–water partition coefficient (Wildman–Crippen LogP) is 2.04. The van der Waals surface area contributed by atoms with Crippen molar-refractivity contribution in [2.45, 2.75) is 46.1 Å². The molecular formula is C15H33N3. The lowest BCUT2D eigenvalue weighted by Crippen LogP contribution is -2.49. The Bertz CT molecular complexity index is 226. The van der Waals surface area contributed by atoms with Crippen molar-refractivity contribution in [2.75, 3.05) is 46.8 Å². The summed E-state index contributed by atoms with van der Waals surface area (Å²) in [5, 5.41) is 3.68. The SMILES string of the molecule is CCCNC1CCCN(CC(C)(C)CN(C)C)C1. The maximum atomic E-state index is 3.68. The summed E-state index contributed by atoms with van der Waals surface area (Å²) in [6.45, 7) is 13.1. The third kappa shape index (κ3) is 6.17. The first kappa shape index (κ1) is 15.9. The van der Waals surface area contributed by atoms with Crippen LogP contribution < -0.4 is 5.32 Å². The Labute approximate surface area is 114 Å². The van der Waals surface area contributed by atoms with E-state index in [0.717, 1.165) is 6.54 Å². The Balaban J connectivity index is 2.37. The first-order valence-electron chi connectivity index (χ1n) is 7.53. The third-order valence-electron chi connectivity index (χ3n) is 3.58. The van der Waals surface area contributed by atoms with E-state index in [-0.39, 0.29) is 0 Å². The molecule has 1 N–H and O–H groups in total. The van der Waals surface area contributed by atoms with Gasteiger partial charge in [0.15, 0.2) is 0 Å². The molecule has 1 heterocycles. The van der Waals surface area contributed by atoms with Crippen LogP contribution in [0, 0.1) is 5.41 Å². The zero-order valence-electron chi connectivity index (χ0n) is 13.1. The minimum Gasteiger partial charge on any atom is -0.313 e. The summed E-state index contributed by atoms with van der Waals surface area (Å²) in [6.07, 6.45) is 3.94. The lowest BCUT2D eigenvalue weighted by Gasteiger charge is -2.39. The molecule has 1 aliphatic heterocycles. The molecule has 18 heavy (non-hydrogen) atoms. The molecule has 0 bridgehead atoms. The number of hydrogen-bond acceptors (Lipinski definition) is 3. The summed E-state index contributed by atoms with van der Waals surface area (Å²) >= 11 is 0. The number of rotatable bonds is 7. The lowest BCUT2D eigenvalue weighted by atomic mass is 9.91. The zero-order chi connectivity index (χ0) is 13.6. The fourth-order valence-electron chi connectivity index (χ4n) is 3.23. The van der Waals surface area contributed by atoms with Crippen molar-refractivity contribution < 1.29 is 0 Å². The number of nitrogens with one attached hydrogen (secondary N) is 1. The number of nitrogens with zero attached hydrogens (tertiary/aromatic N) is 2. The van der Waals surface area contributed by atoms with Crippen LogP contribution in [0.5, 0.6) is 0 Å². The van der Waals surface area contributed by atoms with Crippen LogP contribution in [-0.2, 0) is 0 Å². The molecular weight excluding hydrogens is 222 g/mol. The Morgan fingerprint density at radius 2 is 2.06 bits per heavy atom. The summed E-state index contributed by atoms with van der Waals surface area (Å²) in [7, 11) is 4.34. The molecule has 108 valence electrons. The largest absolute Gasteiger partial charge is 0.313 e. The Morgan fingerprint density at radius 1 is 1.33 bits per heavy atom. The van der Waals surface area contributed by atoms with Gasteiger partial charge in [0.1, 0.15) is 0 Å². The molecule has 3 nitrogen and oxygen atoms in total. The van der Waals surface area contributed by atoms with Crippen molar-refractivity contribution in [1.82, 2.24) is 15.1 Å². The molecule has 0 aromatic carbocycles. The molecule has 0 radical (unpaired) electrons. The van der Waals surface area contributed by atoms with Crippen LogP contribution in [0.25, 0.3) is 0 Å². The first-order chi connectivity index (χ1) is 8.43. The second-order valence-electron chi connectivity index (χ2n) is 6.93. The molecule has 0 spiro atoms. The number of hydrogen-bond donors (Lipinski definition) is 1. The highest BCUT2D eigenvalue weighted by atomic mass is 15.2. The van der Waals surface area contributed by atoms with Gasteiger partial charge in [0, 0.05) is 25.7 Å². The molecule has 1 rings (SSSR count). The highest BCUT2D eigenvalue weighted by Crippen LogP contribution is 2.20. The smallest absolute Gasteiger partial charge is 0.0195 e. The van der Waals surface area contributed by atoms with E-state index >= 15 is 0 Å². The van der Waals surface area contributed by atoms with Crippen LogP contribution in [0.4, 0.5) is 0 Å². The fourth-order valence-corrected chi connectivity index (χ4v) is 3.23. The van der Waals surface area contributed by atoms with Crippen molar-refractivity contribution in [3.63, 3.8) is 0 Å². The molecule has 0 amide bonds. The van der Waals surface area contributed by atoms with Crippen LogP contribution >= 0.6 is 0 Å². The first-order valence-corrected chi connectivity index (χ1v) is 7.53. The van der Waals surface area contributed by atoms with Crippen molar-refractivity contribution >= 4 is 0 Å². The average Bonchev–Trinajstić information content (AvgIpc) is 2.24. The lowest BCUT2D eigenvalue weighted by molar-refractivity contribution is 0.112. The van der Waals surface area contributed by atoms with Gasteiger partial charge >= 0.3 is 0 Å². The molecule has 1 aliphatic rings. The van der Waals surface area contributed by atoms with E-state index in [9.17, 15) is 0 Å².